The predicted molar refractivity (Wildman–Crippen MR) is 83.1 cm³/mol. The molecule has 1 heterocycles. The van der Waals surface area contributed by atoms with Gasteiger partial charge in [0.15, 0.2) is 0 Å². The van der Waals surface area contributed by atoms with Gasteiger partial charge in [0.05, 0.1) is 0 Å². The van der Waals surface area contributed by atoms with Crippen LogP contribution < -0.4 is 5.56 Å². The van der Waals surface area contributed by atoms with Crippen molar-refractivity contribution in [3.63, 3.8) is 0 Å². The van der Waals surface area contributed by atoms with Crippen molar-refractivity contribution in [1.29, 1.82) is 0 Å². The van der Waals surface area contributed by atoms with Gasteiger partial charge in [-0.3, -0.25) is 4.79 Å². The summed E-state index contributed by atoms with van der Waals surface area (Å²) >= 11 is 0. The average molecular weight is 263 g/mol. The topological polar surface area (TPSA) is 32.9 Å². The van der Waals surface area contributed by atoms with E-state index in [0.29, 0.717) is 0 Å². The molecule has 20 heavy (non-hydrogen) atoms. The van der Waals surface area contributed by atoms with Gasteiger partial charge in [-0.05, 0) is 17.2 Å². The maximum absolute atomic E-state index is 11.9. The van der Waals surface area contributed by atoms with Crippen LogP contribution in [-0.4, -0.2) is 4.98 Å². The number of hydrogen-bond acceptors (Lipinski definition) is 1. The zero-order chi connectivity index (χ0) is 14.2. The maximum Gasteiger partial charge on any atom is 0.248 e. The fourth-order valence-electron chi connectivity index (χ4n) is 2.73. The Bertz CT molecular complexity index is 800. The van der Waals surface area contributed by atoms with Gasteiger partial charge in [0.1, 0.15) is 0 Å². The molecule has 0 fully saturated rings. The van der Waals surface area contributed by atoms with E-state index in [0.717, 1.165) is 16.5 Å². The fraction of sp³-hybridized carbons (Fsp3) is 0.167. The smallest absolute Gasteiger partial charge is 0.248 e. The Kier molecular flexibility index (Phi) is 2.94. The summed E-state index contributed by atoms with van der Waals surface area (Å²) in [6.07, 6.45) is 0. The zero-order valence-corrected chi connectivity index (χ0v) is 11.7. The molecule has 0 aliphatic heterocycles. The van der Waals surface area contributed by atoms with E-state index in [1.54, 1.807) is 6.07 Å². The van der Waals surface area contributed by atoms with Crippen LogP contribution in [-0.2, 0) is 5.41 Å². The third kappa shape index (κ3) is 2.03. The number of fused-ring (bicyclic) bond motifs is 1. The number of hydrogen-bond donors (Lipinski definition) is 1. The minimum Gasteiger partial charge on any atom is -0.322 e. The molecule has 3 rings (SSSR count). The molecule has 0 saturated carbocycles. The molecule has 2 nitrogen and oxygen atoms in total. The fourth-order valence-corrected chi connectivity index (χ4v) is 2.73. The van der Waals surface area contributed by atoms with Crippen molar-refractivity contribution in [2.24, 2.45) is 0 Å². The van der Waals surface area contributed by atoms with Gasteiger partial charge in [-0.15, -0.1) is 0 Å². The quantitative estimate of drug-likeness (QED) is 0.748. The second-order valence-electron chi connectivity index (χ2n) is 5.58. The van der Waals surface area contributed by atoms with Crippen LogP contribution in [0.2, 0.25) is 0 Å². The van der Waals surface area contributed by atoms with E-state index in [-0.39, 0.29) is 11.0 Å². The van der Waals surface area contributed by atoms with Crippen LogP contribution in [0.3, 0.4) is 0 Å². The van der Waals surface area contributed by atoms with Crippen LogP contribution >= 0.6 is 0 Å². The molecule has 3 aromatic rings. The summed E-state index contributed by atoms with van der Waals surface area (Å²) in [5.41, 5.74) is 2.88. The monoisotopic (exact) mass is 263 g/mol. The van der Waals surface area contributed by atoms with E-state index in [1.807, 2.05) is 36.4 Å². The summed E-state index contributed by atoms with van der Waals surface area (Å²) in [6, 6.07) is 20.0. The number of H-pyrrole nitrogens is 1. The molecule has 0 unspecified atom stereocenters. The molecule has 0 bridgehead atoms. The Balaban J connectivity index is 2.31. The van der Waals surface area contributed by atoms with Crippen LogP contribution in [0.1, 0.15) is 25.0 Å². The number of rotatable bonds is 2. The molecule has 2 heteroatoms. The number of aromatic amines is 1. The second-order valence-corrected chi connectivity index (χ2v) is 5.58. The molecular formula is C18H17NO. The van der Waals surface area contributed by atoms with Crippen LogP contribution in [0, 0.1) is 0 Å². The highest BCUT2D eigenvalue weighted by Gasteiger charge is 2.25. The summed E-state index contributed by atoms with van der Waals surface area (Å²) in [4.78, 5) is 14.8. The minimum atomic E-state index is -0.213. The first-order chi connectivity index (χ1) is 9.59. The van der Waals surface area contributed by atoms with E-state index >= 15 is 0 Å². The first-order valence-electron chi connectivity index (χ1n) is 6.77. The van der Waals surface area contributed by atoms with Gasteiger partial charge in [-0.25, -0.2) is 0 Å². The van der Waals surface area contributed by atoms with Gasteiger partial charge in [0.25, 0.3) is 0 Å². The Morgan fingerprint density at radius 3 is 2.30 bits per heavy atom. The number of benzene rings is 2. The van der Waals surface area contributed by atoms with Crippen molar-refractivity contribution in [3.8, 4) is 0 Å². The van der Waals surface area contributed by atoms with Crippen LogP contribution in [0.5, 0.6) is 0 Å². The number of pyridine rings is 1. The first-order valence-corrected chi connectivity index (χ1v) is 6.77. The Hall–Kier alpha value is -2.35. The number of aromatic nitrogens is 1. The van der Waals surface area contributed by atoms with Crippen molar-refractivity contribution >= 4 is 10.9 Å². The summed E-state index contributed by atoms with van der Waals surface area (Å²) in [5.74, 6) is 0. The molecule has 0 aliphatic rings. The summed E-state index contributed by atoms with van der Waals surface area (Å²) in [5, 5.41) is 1.10. The van der Waals surface area contributed by atoms with Gasteiger partial charge in [-0.1, -0.05) is 62.4 Å². The van der Waals surface area contributed by atoms with E-state index in [9.17, 15) is 4.79 Å². The summed E-state index contributed by atoms with van der Waals surface area (Å²) in [6.45, 7) is 4.31. The van der Waals surface area contributed by atoms with Crippen molar-refractivity contribution in [2.45, 2.75) is 19.3 Å². The number of para-hydroxylation sites is 1. The highest BCUT2D eigenvalue weighted by molar-refractivity contribution is 5.83. The van der Waals surface area contributed by atoms with Crippen LogP contribution in [0.4, 0.5) is 0 Å². The van der Waals surface area contributed by atoms with Crippen molar-refractivity contribution in [3.05, 3.63) is 82.1 Å². The summed E-state index contributed by atoms with van der Waals surface area (Å²) in [7, 11) is 0. The lowest BCUT2D eigenvalue weighted by molar-refractivity contribution is 0.645. The zero-order valence-electron chi connectivity index (χ0n) is 11.7. The maximum atomic E-state index is 11.9. The van der Waals surface area contributed by atoms with Crippen molar-refractivity contribution in [2.75, 3.05) is 0 Å². The molecule has 1 N–H and O–H groups in total. The largest absolute Gasteiger partial charge is 0.322 e. The highest BCUT2D eigenvalue weighted by atomic mass is 16.1. The normalized spacial score (nSPS) is 11.7. The molecular weight excluding hydrogens is 246 g/mol. The molecule has 0 atom stereocenters. The predicted octanol–water partition coefficient (Wildman–Crippen LogP) is 3.85. The molecule has 100 valence electrons. The highest BCUT2D eigenvalue weighted by Crippen LogP contribution is 2.34. The Labute approximate surface area is 118 Å². The van der Waals surface area contributed by atoms with E-state index in [1.165, 1.54) is 5.56 Å². The molecule has 0 spiro atoms. The standard InChI is InChI=1S/C18H17NO/c1-18(2,13-8-4-3-5-9-13)15-12-17(20)19-16-11-7-6-10-14(15)16/h3-12H,1-2H3,(H,19,20). The lowest BCUT2D eigenvalue weighted by Crippen LogP contribution is -2.22. The average Bonchev–Trinajstić information content (AvgIpc) is 2.47. The Morgan fingerprint density at radius 2 is 1.55 bits per heavy atom. The Morgan fingerprint density at radius 1 is 0.900 bits per heavy atom. The molecule has 0 saturated heterocycles. The van der Waals surface area contributed by atoms with Crippen molar-refractivity contribution in [1.82, 2.24) is 4.98 Å². The van der Waals surface area contributed by atoms with Crippen LogP contribution in [0.25, 0.3) is 10.9 Å². The molecule has 0 radical (unpaired) electrons. The third-order valence-electron chi connectivity index (χ3n) is 3.92. The van der Waals surface area contributed by atoms with Gasteiger partial charge in [-0.2, -0.15) is 0 Å². The molecule has 2 aromatic carbocycles. The first kappa shape index (κ1) is 12.7. The van der Waals surface area contributed by atoms with Gasteiger partial charge >= 0.3 is 0 Å². The molecule has 0 aliphatic carbocycles. The van der Waals surface area contributed by atoms with Gasteiger partial charge in [0, 0.05) is 22.4 Å². The van der Waals surface area contributed by atoms with Gasteiger partial charge in [0.2, 0.25) is 5.56 Å². The molecule has 1 aromatic heterocycles. The van der Waals surface area contributed by atoms with Crippen molar-refractivity contribution < 1.29 is 0 Å². The lowest BCUT2D eigenvalue weighted by Gasteiger charge is -2.27. The van der Waals surface area contributed by atoms with Gasteiger partial charge < -0.3 is 4.98 Å². The number of nitrogens with one attached hydrogen (secondary N) is 1. The lowest BCUT2D eigenvalue weighted by atomic mass is 9.77. The second kappa shape index (κ2) is 4.64. The molecule has 0 amide bonds. The van der Waals surface area contributed by atoms with Crippen LogP contribution in [0.15, 0.2) is 65.5 Å². The minimum absolute atomic E-state index is 0.0530. The van der Waals surface area contributed by atoms with E-state index < -0.39 is 0 Å². The summed E-state index contributed by atoms with van der Waals surface area (Å²) < 4.78 is 0. The van der Waals surface area contributed by atoms with E-state index in [2.05, 4.69) is 37.0 Å². The SMILES string of the molecule is CC(C)(c1ccccc1)c1cc(=O)[nH]c2ccccc12. The third-order valence-corrected chi connectivity index (χ3v) is 3.92. The van der Waals surface area contributed by atoms with E-state index in [4.69, 9.17) is 0 Å².